The summed E-state index contributed by atoms with van der Waals surface area (Å²) in [6.07, 6.45) is 0. The van der Waals surface area contributed by atoms with E-state index < -0.39 is 5.97 Å². The van der Waals surface area contributed by atoms with E-state index in [0.29, 0.717) is 0 Å². The van der Waals surface area contributed by atoms with E-state index >= 15 is 0 Å². The van der Waals surface area contributed by atoms with Crippen LogP contribution in [0.15, 0.2) is 24.3 Å². The molecule has 1 aromatic rings. The number of carbonyl (C=O) groups is 1. The maximum absolute atomic E-state index is 10.2. The van der Waals surface area contributed by atoms with E-state index in [1.165, 1.54) is 18.2 Å². The number of aromatic carboxylic acids is 1. The number of carboxylic acid groups (broad SMARTS) is 1. The number of benzene rings is 1. The summed E-state index contributed by atoms with van der Waals surface area (Å²) in [6.45, 7) is 0. The van der Waals surface area contributed by atoms with Crippen molar-refractivity contribution in [3.63, 3.8) is 0 Å². The quantitative estimate of drug-likeness (QED) is 0.445. The molecule has 5 heteroatoms. The first-order chi connectivity index (χ1) is 4.72. The third-order valence-corrected chi connectivity index (χ3v) is 1.12. The van der Waals surface area contributed by atoms with E-state index in [2.05, 4.69) is 0 Å². The molecule has 0 unspecified atom stereocenters. The molecule has 4 N–H and O–H groups in total. The van der Waals surface area contributed by atoms with Crippen molar-refractivity contribution in [3.8, 4) is 5.75 Å². The zero-order chi connectivity index (χ0) is 7.56. The van der Waals surface area contributed by atoms with E-state index in [1.54, 1.807) is 6.07 Å². The van der Waals surface area contributed by atoms with Gasteiger partial charge in [-0.05, 0) is 12.1 Å². The molecule has 0 fully saturated rings. The van der Waals surface area contributed by atoms with Crippen molar-refractivity contribution in [1.82, 2.24) is 6.15 Å². The van der Waals surface area contributed by atoms with Crippen molar-refractivity contribution in [2.45, 2.75) is 0 Å². The van der Waals surface area contributed by atoms with Crippen LogP contribution >= 0.6 is 0 Å². The van der Waals surface area contributed by atoms with Gasteiger partial charge in [0.15, 0.2) is 0 Å². The molecule has 0 bridgehead atoms. The van der Waals surface area contributed by atoms with Crippen LogP contribution in [-0.4, -0.2) is 11.1 Å². The first-order valence-electron chi connectivity index (χ1n) is 2.71. The summed E-state index contributed by atoms with van der Waals surface area (Å²) in [7, 11) is 0. The fourth-order valence-corrected chi connectivity index (χ4v) is 0.646. The van der Waals surface area contributed by atoms with Gasteiger partial charge >= 0.3 is 29.6 Å². The molecule has 0 aliphatic carbocycles. The number of carboxylic acids is 1. The molecule has 0 saturated carbocycles. The minimum Gasteiger partial charge on any atom is -0.545 e. The van der Waals surface area contributed by atoms with Crippen molar-refractivity contribution in [2.75, 3.05) is 0 Å². The molecule has 1 aromatic carbocycles. The molecular formula is C7H8NNaO3. The number of hydrogen-bond donors (Lipinski definition) is 2. The van der Waals surface area contributed by atoms with Gasteiger partial charge in [0.05, 0.1) is 5.97 Å². The third-order valence-electron chi connectivity index (χ3n) is 1.12. The molecule has 4 nitrogen and oxygen atoms in total. The van der Waals surface area contributed by atoms with Crippen LogP contribution in [-0.2, 0) is 0 Å². The van der Waals surface area contributed by atoms with Crippen molar-refractivity contribution in [2.24, 2.45) is 0 Å². The molecule has 0 heterocycles. The summed E-state index contributed by atoms with van der Waals surface area (Å²) in [5.41, 5.74) is -0.178. The normalized spacial score (nSPS) is 7.67. The Morgan fingerprint density at radius 2 is 1.83 bits per heavy atom. The maximum atomic E-state index is 10.2. The fourth-order valence-electron chi connectivity index (χ4n) is 0.646. The summed E-state index contributed by atoms with van der Waals surface area (Å²) in [5, 5.41) is 19.0. The van der Waals surface area contributed by atoms with Gasteiger partial charge in [0.1, 0.15) is 5.75 Å². The number of para-hydroxylation sites is 1. The minimum atomic E-state index is -1.36. The molecule has 0 amide bonds. The number of rotatable bonds is 1. The molecular weight excluding hydrogens is 169 g/mol. The average Bonchev–Trinajstić information content (AvgIpc) is 1.88. The van der Waals surface area contributed by atoms with Crippen LogP contribution in [0.5, 0.6) is 5.75 Å². The molecule has 60 valence electrons. The summed E-state index contributed by atoms with van der Waals surface area (Å²) in [6, 6.07) is 5.64. The summed E-state index contributed by atoms with van der Waals surface area (Å²) in [4.78, 5) is 10.2. The van der Waals surface area contributed by atoms with Gasteiger partial charge in [-0.2, -0.15) is 0 Å². The van der Waals surface area contributed by atoms with E-state index in [0.717, 1.165) is 0 Å². The van der Waals surface area contributed by atoms with Gasteiger partial charge in [-0.1, -0.05) is 12.1 Å². The standard InChI is InChI=1S/C7H6O3.H3N.Na/c8-6-4-2-1-3-5(6)7(9)10;;/h1-4,8H,(H,9,10);1H3;/q;;+1/p-1. The third kappa shape index (κ3) is 3.23. The Morgan fingerprint density at radius 3 is 2.17 bits per heavy atom. The second-order valence-corrected chi connectivity index (χ2v) is 1.80. The number of carbonyl (C=O) groups excluding carboxylic acids is 1. The summed E-state index contributed by atoms with van der Waals surface area (Å²) in [5.74, 6) is -1.62. The monoisotopic (exact) mass is 177 g/mol. The van der Waals surface area contributed by atoms with Crippen molar-refractivity contribution in [1.29, 1.82) is 0 Å². The predicted octanol–water partition coefficient (Wildman–Crippen LogP) is -3.08. The fraction of sp³-hybridized carbons (Fsp3) is 0. The molecule has 0 radical (unpaired) electrons. The zero-order valence-corrected chi connectivity index (χ0v) is 8.78. The second kappa shape index (κ2) is 6.02. The summed E-state index contributed by atoms with van der Waals surface area (Å²) >= 11 is 0. The molecule has 0 atom stereocenters. The molecule has 0 aliphatic rings. The van der Waals surface area contributed by atoms with Crippen LogP contribution < -0.4 is 40.8 Å². The van der Waals surface area contributed by atoms with E-state index in [4.69, 9.17) is 5.11 Å². The Kier molecular flexibility index (Phi) is 7.02. The molecule has 0 spiro atoms. The number of aromatic hydroxyl groups is 1. The summed E-state index contributed by atoms with van der Waals surface area (Å²) < 4.78 is 0. The first-order valence-corrected chi connectivity index (χ1v) is 2.71. The van der Waals surface area contributed by atoms with Crippen LogP contribution in [0, 0.1) is 0 Å². The van der Waals surface area contributed by atoms with Crippen LogP contribution in [0.4, 0.5) is 0 Å². The molecule has 0 aromatic heterocycles. The van der Waals surface area contributed by atoms with Gasteiger partial charge in [0.25, 0.3) is 0 Å². The SMILES string of the molecule is N.O=C([O-])c1ccccc1O.[Na+]. The Labute approximate surface area is 92.1 Å². The predicted molar refractivity (Wildman–Crippen MR) is 37.5 cm³/mol. The van der Waals surface area contributed by atoms with Crippen molar-refractivity contribution < 1.29 is 44.6 Å². The molecule has 0 aliphatic heterocycles. The van der Waals surface area contributed by atoms with Gasteiger partial charge < -0.3 is 21.2 Å². The van der Waals surface area contributed by atoms with Crippen molar-refractivity contribution in [3.05, 3.63) is 29.8 Å². The Bertz CT molecular complexity index is 265. The van der Waals surface area contributed by atoms with Crippen LogP contribution in [0.2, 0.25) is 0 Å². The van der Waals surface area contributed by atoms with Gasteiger partial charge in [0.2, 0.25) is 0 Å². The van der Waals surface area contributed by atoms with E-state index in [-0.39, 0.29) is 47.0 Å². The Morgan fingerprint density at radius 1 is 1.33 bits per heavy atom. The zero-order valence-electron chi connectivity index (χ0n) is 6.78. The van der Waals surface area contributed by atoms with Crippen LogP contribution in [0.1, 0.15) is 10.4 Å². The molecule has 12 heavy (non-hydrogen) atoms. The Balaban J connectivity index is 0. The smallest absolute Gasteiger partial charge is 0.545 e. The van der Waals surface area contributed by atoms with Gasteiger partial charge in [-0.15, -0.1) is 0 Å². The average molecular weight is 177 g/mol. The largest absolute Gasteiger partial charge is 1.00 e. The van der Waals surface area contributed by atoms with E-state index in [9.17, 15) is 9.90 Å². The second-order valence-electron chi connectivity index (χ2n) is 1.80. The van der Waals surface area contributed by atoms with Gasteiger partial charge in [0, 0.05) is 5.56 Å². The van der Waals surface area contributed by atoms with Crippen LogP contribution in [0.3, 0.4) is 0 Å². The van der Waals surface area contributed by atoms with Crippen molar-refractivity contribution >= 4 is 5.97 Å². The maximum Gasteiger partial charge on any atom is 1.00 e. The first kappa shape index (κ1) is 14.0. The van der Waals surface area contributed by atoms with Gasteiger partial charge in [-0.25, -0.2) is 0 Å². The number of hydrogen-bond acceptors (Lipinski definition) is 4. The Hall–Kier alpha value is -0.550. The topological polar surface area (TPSA) is 95.4 Å². The molecule has 1 rings (SSSR count). The van der Waals surface area contributed by atoms with E-state index in [1.807, 2.05) is 0 Å². The number of phenols is 1. The van der Waals surface area contributed by atoms with Crippen LogP contribution in [0.25, 0.3) is 0 Å². The van der Waals surface area contributed by atoms with Gasteiger partial charge in [-0.3, -0.25) is 0 Å². The molecule has 0 saturated heterocycles. The minimum absolute atomic E-state index is 0.